The Morgan fingerprint density at radius 3 is 2.86 bits per heavy atom. The number of imidazole rings is 1. The Bertz CT molecular complexity index is 840. The highest BCUT2D eigenvalue weighted by atomic mass is 16.6. The molecule has 0 radical (unpaired) electrons. The summed E-state index contributed by atoms with van der Waals surface area (Å²) in [6, 6.07) is 3.54. The van der Waals surface area contributed by atoms with Crippen molar-refractivity contribution in [1.82, 2.24) is 20.3 Å². The summed E-state index contributed by atoms with van der Waals surface area (Å²) in [5, 5.41) is 19.6. The molecule has 1 amide bonds. The first-order valence-electron chi connectivity index (χ1n) is 9.46. The van der Waals surface area contributed by atoms with E-state index in [1.165, 1.54) is 0 Å². The number of carbonyl (C=O) groups excluding carboxylic acids is 1. The minimum atomic E-state index is -1.46. The van der Waals surface area contributed by atoms with Gasteiger partial charge in [0.15, 0.2) is 5.95 Å². The predicted molar refractivity (Wildman–Crippen MR) is 105 cm³/mol. The topological polar surface area (TPSA) is 142 Å². The largest absolute Gasteiger partial charge is 0.479 e. The maximum absolute atomic E-state index is 12.6. The summed E-state index contributed by atoms with van der Waals surface area (Å²) >= 11 is 0. The van der Waals surface area contributed by atoms with Crippen LogP contribution in [0.1, 0.15) is 31.2 Å². The van der Waals surface area contributed by atoms with Gasteiger partial charge in [-0.3, -0.25) is 9.78 Å². The molecular formula is C19H24N6O4. The maximum atomic E-state index is 12.6. The molecule has 2 aromatic heterocycles. The second-order valence-electron chi connectivity index (χ2n) is 6.82. The minimum Gasteiger partial charge on any atom is -0.479 e. The van der Waals surface area contributed by atoms with Crippen LogP contribution in [0, 0.1) is 0 Å². The third-order valence-corrected chi connectivity index (χ3v) is 4.68. The Balaban J connectivity index is 1.67. The molecule has 0 saturated heterocycles. The molecular weight excluding hydrogens is 376 g/mol. The Morgan fingerprint density at radius 1 is 1.31 bits per heavy atom. The van der Waals surface area contributed by atoms with Crippen molar-refractivity contribution in [3.05, 3.63) is 42.5 Å². The molecule has 2 aromatic rings. The summed E-state index contributed by atoms with van der Waals surface area (Å²) in [5.41, 5.74) is -0.523. The van der Waals surface area contributed by atoms with E-state index in [2.05, 4.69) is 30.7 Å². The SMILES string of the molecule is O=C(NC(CCCCNc1ncc[nH]1)(Cc1cccnc1)C(=O)O)C1=NOCC1. The van der Waals surface area contributed by atoms with Gasteiger partial charge in [0.1, 0.15) is 17.9 Å². The van der Waals surface area contributed by atoms with E-state index in [1.807, 2.05) is 0 Å². The van der Waals surface area contributed by atoms with E-state index >= 15 is 0 Å². The first-order valence-corrected chi connectivity index (χ1v) is 9.46. The van der Waals surface area contributed by atoms with Crippen LogP contribution in [-0.2, 0) is 20.8 Å². The summed E-state index contributed by atoms with van der Waals surface area (Å²) < 4.78 is 0. The van der Waals surface area contributed by atoms with Crippen LogP contribution in [0.25, 0.3) is 0 Å². The summed E-state index contributed by atoms with van der Waals surface area (Å²) in [4.78, 5) is 40.8. The molecule has 1 aliphatic heterocycles. The standard InChI is InChI=1S/C19H24N6O4/c26-16(15-5-11-29-25-15)24-19(17(27)28,12-14-4-3-7-20-13-14)6-1-2-8-21-18-22-9-10-23-18/h3-4,7,9-10,13H,1-2,5-6,8,11-12H2,(H,24,26)(H,27,28)(H2,21,22,23). The summed E-state index contributed by atoms with van der Waals surface area (Å²) in [7, 11) is 0. The minimum absolute atomic E-state index is 0.127. The molecule has 29 heavy (non-hydrogen) atoms. The van der Waals surface area contributed by atoms with Crippen molar-refractivity contribution >= 4 is 23.5 Å². The average molecular weight is 400 g/mol. The second-order valence-corrected chi connectivity index (χ2v) is 6.82. The summed E-state index contributed by atoms with van der Waals surface area (Å²) in [6.45, 7) is 0.953. The maximum Gasteiger partial charge on any atom is 0.329 e. The van der Waals surface area contributed by atoms with Gasteiger partial charge in [0.2, 0.25) is 0 Å². The zero-order chi connectivity index (χ0) is 20.5. The molecule has 0 aliphatic carbocycles. The summed E-state index contributed by atoms with van der Waals surface area (Å²) in [6.07, 6.45) is 8.65. The summed E-state index contributed by atoms with van der Waals surface area (Å²) in [5.74, 6) is -0.937. The highest BCUT2D eigenvalue weighted by molar-refractivity contribution is 6.39. The third-order valence-electron chi connectivity index (χ3n) is 4.68. The van der Waals surface area contributed by atoms with E-state index in [-0.39, 0.29) is 18.6 Å². The lowest BCUT2D eigenvalue weighted by molar-refractivity contribution is -0.147. The molecule has 0 bridgehead atoms. The van der Waals surface area contributed by atoms with Crippen molar-refractivity contribution in [2.45, 2.75) is 37.6 Å². The molecule has 1 atom stereocenters. The van der Waals surface area contributed by atoms with Gasteiger partial charge in [-0.05, 0) is 30.9 Å². The van der Waals surface area contributed by atoms with Crippen molar-refractivity contribution in [1.29, 1.82) is 0 Å². The number of aromatic nitrogens is 3. The molecule has 10 nitrogen and oxygen atoms in total. The van der Waals surface area contributed by atoms with Gasteiger partial charge in [-0.25, -0.2) is 9.78 Å². The molecule has 1 unspecified atom stereocenters. The van der Waals surface area contributed by atoms with E-state index < -0.39 is 17.4 Å². The number of carboxylic acid groups (broad SMARTS) is 1. The molecule has 0 saturated carbocycles. The predicted octanol–water partition coefficient (Wildman–Crippen LogP) is 1.35. The van der Waals surface area contributed by atoms with Gasteiger partial charge in [0, 0.05) is 44.2 Å². The molecule has 10 heteroatoms. The van der Waals surface area contributed by atoms with Gasteiger partial charge in [-0.15, -0.1) is 0 Å². The number of pyridine rings is 1. The lowest BCUT2D eigenvalue weighted by atomic mass is 9.85. The van der Waals surface area contributed by atoms with Crippen LogP contribution >= 0.6 is 0 Å². The zero-order valence-electron chi connectivity index (χ0n) is 15.9. The highest BCUT2D eigenvalue weighted by Crippen LogP contribution is 2.22. The molecule has 1 aliphatic rings. The lowest BCUT2D eigenvalue weighted by Gasteiger charge is -2.31. The number of nitrogens with one attached hydrogen (secondary N) is 3. The van der Waals surface area contributed by atoms with Crippen LogP contribution in [0.2, 0.25) is 0 Å². The van der Waals surface area contributed by atoms with Crippen LogP contribution in [0.15, 0.2) is 42.1 Å². The number of aliphatic carboxylic acids is 1. The van der Waals surface area contributed by atoms with Crippen molar-refractivity contribution in [3.63, 3.8) is 0 Å². The van der Waals surface area contributed by atoms with Crippen LogP contribution in [0.3, 0.4) is 0 Å². The first-order chi connectivity index (χ1) is 14.1. The number of rotatable bonds is 11. The third kappa shape index (κ3) is 5.53. The van der Waals surface area contributed by atoms with E-state index in [1.54, 1.807) is 36.9 Å². The molecule has 0 aromatic carbocycles. The number of amides is 1. The molecule has 0 spiro atoms. The zero-order valence-corrected chi connectivity index (χ0v) is 15.9. The Morgan fingerprint density at radius 2 is 2.21 bits per heavy atom. The van der Waals surface area contributed by atoms with E-state index in [4.69, 9.17) is 4.84 Å². The van der Waals surface area contributed by atoms with Crippen LogP contribution in [0.4, 0.5) is 5.95 Å². The number of carboxylic acids is 1. The molecule has 3 rings (SSSR count). The number of hydrogen-bond donors (Lipinski definition) is 4. The quantitative estimate of drug-likeness (QED) is 0.417. The number of nitrogens with zero attached hydrogens (tertiary/aromatic N) is 3. The lowest BCUT2D eigenvalue weighted by Crippen LogP contribution is -2.57. The van der Waals surface area contributed by atoms with Crippen molar-refractivity contribution in [2.75, 3.05) is 18.5 Å². The van der Waals surface area contributed by atoms with Gasteiger partial charge in [-0.2, -0.15) is 0 Å². The average Bonchev–Trinajstić information content (AvgIpc) is 3.42. The monoisotopic (exact) mass is 400 g/mol. The number of unbranched alkanes of at least 4 members (excludes halogenated alkanes) is 1. The number of H-pyrrole nitrogens is 1. The Hall–Kier alpha value is -3.43. The number of anilines is 1. The van der Waals surface area contributed by atoms with Gasteiger partial charge in [0.05, 0.1) is 0 Å². The van der Waals surface area contributed by atoms with Gasteiger partial charge < -0.3 is 25.6 Å². The van der Waals surface area contributed by atoms with Crippen LogP contribution < -0.4 is 10.6 Å². The van der Waals surface area contributed by atoms with Crippen molar-refractivity contribution in [3.8, 4) is 0 Å². The fourth-order valence-corrected chi connectivity index (χ4v) is 3.16. The fourth-order valence-electron chi connectivity index (χ4n) is 3.16. The van der Waals surface area contributed by atoms with Gasteiger partial charge in [-0.1, -0.05) is 11.2 Å². The van der Waals surface area contributed by atoms with Gasteiger partial charge in [0.25, 0.3) is 5.91 Å². The number of aromatic amines is 1. The van der Waals surface area contributed by atoms with E-state index in [0.29, 0.717) is 38.4 Å². The van der Waals surface area contributed by atoms with E-state index in [9.17, 15) is 14.7 Å². The second kappa shape index (κ2) is 9.67. The van der Waals surface area contributed by atoms with Crippen LogP contribution in [-0.4, -0.2) is 56.3 Å². The highest BCUT2D eigenvalue weighted by Gasteiger charge is 2.41. The van der Waals surface area contributed by atoms with Crippen molar-refractivity contribution < 1.29 is 19.5 Å². The van der Waals surface area contributed by atoms with Crippen molar-refractivity contribution in [2.24, 2.45) is 5.16 Å². The van der Waals surface area contributed by atoms with E-state index in [0.717, 1.165) is 5.56 Å². The Kier molecular flexibility index (Phi) is 6.77. The van der Waals surface area contributed by atoms with Crippen LogP contribution in [0.5, 0.6) is 0 Å². The first kappa shape index (κ1) is 20.3. The number of oxime groups is 1. The fraction of sp³-hybridized carbons (Fsp3) is 0.421. The van der Waals surface area contributed by atoms with Gasteiger partial charge >= 0.3 is 5.97 Å². The number of hydrogen-bond acceptors (Lipinski definition) is 7. The smallest absolute Gasteiger partial charge is 0.329 e. The molecule has 4 N–H and O–H groups in total. The molecule has 154 valence electrons. The molecule has 3 heterocycles. The Labute approximate surface area is 167 Å². The normalized spacial score (nSPS) is 15.1. The molecule has 0 fully saturated rings. The number of carbonyl (C=O) groups is 2.